The van der Waals surface area contributed by atoms with Crippen LogP contribution in [0.1, 0.15) is 39.3 Å². The Kier molecular flexibility index (Phi) is 4.52. The first-order chi connectivity index (χ1) is 7.88. The summed E-state index contributed by atoms with van der Waals surface area (Å²) in [6.45, 7) is 7.44. The highest BCUT2D eigenvalue weighted by molar-refractivity contribution is 5.67. The smallest absolute Gasteiger partial charge is 0.422 e. The SMILES string of the molecule is C[C@H](NNC(=O)OC(C)(C)C)c1ccccc1. The lowest BCUT2D eigenvalue weighted by Gasteiger charge is -2.21. The Hall–Kier alpha value is -1.55. The van der Waals surface area contributed by atoms with Crippen LogP contribution in [0.4, 0.5) is 4.79 Å². The van der Waals surface area contributed by atoms with Crippen molar-refractivity contribution in [2.24, 2.45) is 0 Å². The monoisotopic (exact) mass is 236 g/mol. The molecule has 0 saturated carbocycles. The molecule has 1 amide bonds. The van der Waals surface area contributed by atoms with Crippen molar-refractivity contribution in [3.63, 3.8) is 0 Å². The lowest BCUT2D eigenvalue weighted by Crippen LogP contribution is -2.42. The van der Waals surface area contributed by atoms with Crippen LogP contribution in [0.25, 0.3) is 0 Å². The Morgan fingerprint density at radius 2 is 1.82 bits per heavy atom. The van der Waals surface area contributed by atoms with Gasteiger partial charge in [-0.3, -0.25) is 5.43 Å². The van der Waals surface area contributed by atoms with Crippen LogP contribution in [0.15, 0.2) is 30.3 Å². The third-order valence-corrected chi connectivity index (χ3v) is 2.09. The van der Waals surface area contributed by atoms with E-state index in [2.05, 4.69) is 10.9 Å². The van der Waals surface area contributed by atoms with Crippen molar-refractivity contribution in [2.75, 3.05) is 0 Å². The molecule has 1 rings (SSSR count). The fourth-order valence-corrected chi connectivity index (χ4v) is 1.30. The van der Waals surface area contributed by atoms with Crippen molar-refractivity contribution in [1.29, 1.82) is 0 Å². The Morgan fingerprint density at radius 3 is 2.35 bits per heavy atom. The number of hydrogen-bond acceptors (Lipinski definition) is 3. The van der Waals surface area contributed by atoms with Crippen LogP contribution in [0.2, 0.25) is 0 Å². The quantitative estimate of drug-likeness (QED) is 0.793. The van der Waals surface area contributed by atoms with E-state index in [0.29, 0.717) is 0 Å². The predicted octanol–water partition coefficient (Wildman–Crippen LogP) is 2.78. The molecule has 4 heteroatoms. The summed E-state index contributed by atoms with van der Waals surface area (Å²) in [4.78, 5) is 11.4. The Balaban J connectivity index is 2.39. The summed E-state index contributed by atoms with van der Waals surface area (Å²) in [5.41, 5.74) is 6.04. The summed E-state index contributed by atoms with van der Waals surface area (Å²) >= 11 is 0. The number of carbonyl (C=O) groups excluding carboxylic acids is 1. The number of carbonyl (C=O) groups is 1. The molecule has 1 atom stereocenters. The van der Waals surface area contributed by atoms with Crippen LogP contribution in [0, 0.1) is 0 Å². The zero-order chi connectivity index (χ0) is 12.9. The molecule has 0 heterocycles. The van der Waals surface area contributed by atoms with Crippen molar-refractivity contribution in [1.82, 2.24) is 10.9 Å². The van der Waals surface area contributed by atoms with E-state index < -0.39 is 11.7 Å². The molecule has 1 aromatic rings. The second-order valence-corrected chi connectivity index (χ2v) is 4.90. The minimum atomic E-state index is -0.484. The zero-order valence-corrected chi connectivity index (χ0v) is 10.8. The van der Waals surface area contributed by atoms with E-state index in [-0.39, 0.29) is 6.04 Å². The average molecular weight is 236 g/mol. The molecule has 0 aliphatic heterocycles. The van der Waals surface area contributed by atoms with Gasteiger partial charge in [0.15, 0.2) is 0 Å². The maximum atomic E-state index is 11.4. The Morgan fingerprint density at radius 1 is 1.24 bits per heavy atom. The van der Waals surface area contributed by atoms with Crippen LogP contribution >= 0.6 is 0 Å². The van der Waals surface area contributed by atoms with Crippen LogP contribution in [-0.2, 0) is 4.74 Å². The summed E-state index contributed by atoms with van der Waals surface area (Å²) in [6.07, 6.45) is -0.472. The van der Waals surface area contributed by atoms with E-state index in [1.54, 1.807) is 0 Å². The van der Waals surface area contributed by atoms with E-state index in [0.717, 1.165) is 5.56 Å². The first-order valence-corrected chi connectivity index (χ1v) is 5.68. The molecule has 4 nitrogen and oxygen atoms in total. The van der Waals surface area contributed by atoms with Gasteiger partial charge in [-0.05, 0) is 33.3 Å². The van der Waals surface area contributed by atoms with E-state index in [9.17, 15) is 4.79 Å². The van der Waals surface area contributed by atoms with E-state index in [1.165, 1.54) is 0 Å². The first kappa shape index (κ1) is 13.5. The van der Waals surface area contributed by atoms with Crippen LogP contribution in [-0.4, -0.2) is 11.7 Å². The van der Waals surface area contributed by atoms with Gasteiger partial charge in [0.25, 0.3) is 0 Å². The Labute approximate surface area is 102 Å². The zero-order valence-electron chi connectivity index (χ0n) is 10.8. The molecule has 0 bridgehead atoms. The standard InChI is InChI=1S/C13H20N2O2/c1-10(11-8-6-5-7-9-11)14-15-12(16)17-13(2,3)4/h5-10,14H,1-4H3,(H,15,16)/t10-/m0/s1. The van der Waals surface area contributed by atoms with E-state index in [1.807, 2.05) is 58.0 Å². The van der Waals surface area contributed by atoms with Gasteiger partial charge < -0.3 is 4.74 Å². The number of nitrogens with one attached hydrogen (secondary N) is 2. The van der Waals surface area contributed by atoms with Crippen LogP contribution < -0.4 is 10.9 Å². The third kappa shape index (κ3) is 5.36. The van der Waals surface area contributed by atoms with E-state index >= 15 is 0 Å². The summed E-state index contributed by atoms with van der Waals surface area (Å²) in [5, 5.41) is 0. The summed E-state index contributed by atoms with van der Waals surface area (Å²) in [7, 11) is 0. The molecule has 2 N–H and O–H groups in total. The summed E-state index contributed by atoms with van der Waals surface area (Å²) in [5.74, 6) is 0. The molecule has 0 fully saturated rings. The topological polar surface area (TPSA) is 50.4 Å². The minimum absolute atomic E-state index is 0.0312. The molecule has 0 spiro atoms. The lowest BCUT2D eigenvalue weighted by atomic mass is 10.1. The van der Waals surface area contributed by atoms with Crippen LogP contribution in [0.3, 0.4) is 0 Å². The van der Waals surface area contributed by atoms with Crippen LogP contribution in [0.5, 0.6) is 0 Å². The third-order valence-electron chi connectivity index (χ3n) is 2.09. The number of ether oxygens (including phenoxy) is 1. The van der Waals surface area contributed by atoms with Crippen molar-refractivity contribution >= 4 is 6.09 Å². The maximum absolute atomic E-state index is 11.4. The lowest BCUT2D eigenvalue weighted by molar-refractivity contribution is 0.0489. The summed E-state index contributed by atoms with van der Waals surface area (Å²) in [6, 6.07) is 9.89. The van der Waals surface area contributed by atoms with Gasteiger partial charge in [-0.1, -0.05) is 30.3 Å². The molecule has 0 aliphatic rings. The molecule has 0 radical (unpaired) electrons. The molecule has 17 heavy (non-hydrogen) atoms. The van der Waals surface area contributed by atoms with Gasteiger partial charge in [-0.2, -0.15) is 0 Å². The van der Waals surface area contributed by atoms with Gasteiger partial charge in [0.2, 0.25) is 0 Å². The highest BCUT2D eigenvalue weighted by Crippen LogP contribution is 2.10. The largest absolute Gasteiger partial charge is 0.443 e. The van der Waals surface area contributed by atoms with Gasteiger partial charge in [0.05, 0.1) is 0 Å². The minimum Gasteiger partial charge on any atom is -0.443 e. The van der Waals surface area contributed by atoms with Crippen molar-refractivity contribution in [3.8, 4) is 0 Å². The number of amides is 1. The molecule has 0 saturated heterocycles. The number of hydrogen-bond donors (Lipinski definition) is 2. The Bertz CT molecular complexity index is 357. The molecule has 94 valence electrons. The average Bonchev–Trinajstić information content (AvgIpc) is 2.25. The van der Waals surface area contributed by atoms with Crippen molar-refractivity contribution < 1.29 is 9.53 Å². The first-order valence-electron chi connectivity index (χ1n) is 5.68. The highest BCUT2D eigenvalue weighted by atomic mass is 16.6. The number of hydrazine groups is 1. The summed E-state index contributed by atoms with van der Waals surface area (Å²) < 4.78 is 5.11. The van der Waals surface area contributed by atoms with Gasteiger partial charge in [0, 0.05) is 6.04 Å². The molecular formula is C13H20N2O2. The number of benzene rings is 1. The highest BCUT2D eigenvalue weighted by Gasteiger charge is 2.16. The fraction of sp³-hybridized carbons (Fsp3) is 0.462. The van der Waals surface area contributed by atoms with Crippen molar-refractivity contribution in [2.45, 2.75) is 39.3 Å². The van der Waals surface area contributed by atoms with Gasteiger partial charge >= 0.3 is 6.09 Å². The van der Waals surface area contributed by atoms with Crippen molar-refractivity contribution in [3.05, 3.63) is 35.9 Å². The molecule has 0 aliphatic carbocycles. The molecule has 0 unspecified atom stereocenters. The normalized spacial score (nSPS) is 12.9. The molecule has 1 aromatic carbocycles. The maximum Gasteiger partial charge on any atom is 0.422 e. The number of rotatable bonds is 3. The second-order valence-electron chi connectivity index (χ2n) is 4.90. The molecular weight excluding hydrogens is 216 g/mol. The van der Waals surface area contributed by atoms with Gasteiger partial charge in [-0.15, -0.1) is 0 Å². The molecule has 0 aromatic heterocycles. The van der Waals surface area contributed by atoms with Gasteiger partial charge in [-0.25, -0.2) is 10.2 Å². The predicted molar refractivity (Wildman–Crippen MR) is 67.4 cm³/mol. The second kappa shape index (κ2) is 5.68. The fourth-order valence-electron chi connectivity index (χ4n) is 1.30. The van der Waals surface area contributed by atoms with Gasteiger partial charge in [0.1, 0.15) is 5.60 Å². The van der Waals surface area contributed by atoms with E-state index in [4.69, 9.17) is 4.74 Å².